The number of urea groups is 1. The average Bonchev–Trinajstić information content (AvgIpc) is 3.58. The Kier molecular flexibility index (Phi) is 8.43. The van der Waals surface area contributed by atoms with E-state index >= 15 is 0 Å². The fourth-order valence-corrected chi connectivity index (χ4v) is 7.07. The highest BCUT2D eigenvalue weighted by atomic mass is 32.2. The molecule has 0 bridgehead atoms. The average molecular weight is 594 g/mol. The van der Waals surface area contributed by atoms with Gasteiger partial charge in [-0.3, -0.25) is 14.6 Å². The number of sulfonamides is 1. The number of ether oxygens (including phenoxy) is 1. The Labute approximate surface area is 240 Å². The second-order valence-corrected chi connectivity index (χ2v) is 13.9. The lowest BCUT2D eigenvalue weighted by atomic mass is 9.91. The van der Waals surface area contributed by atoms with Gasteiger partial charge in [-0.1, -0.05) is 6.92 Å². The summed E-state index contributed by atoms with van der Waals surface area (Å²) >= 11 is 0. The number of hydrogen-bond donors (Lipinski definition) is 1. The summed E-state index contributed by atoms with van der Waals surface area (Å²) in [6.45, 7) is 9.11. The molecule has 0 aliphatic carbocycles. The van der Waals surface area contributed by atoms with Crippen LogP contribution in [0.5, 0.6) is 0 Å². The van der Waals surface area contributed by atoms with Gasteiger partial charge in [0.1, 0.15) is 17.5 Å². The highest BCUT2D eigenvalue weighted by molar-refractivity contribution is 7.88. The molecule has 4 rings (SSSR count). The molecule has 0 spiro atoms. The molecular weight excluding hydrogens is 553 g/mol. The number of H-pyrrole nitrogens is 1. The number of rotatable bonds is 6. The number of fused-ring (bicyclic) bond motifs is 2. The lowest BCUT2D eigenvalue weighted by molar-refractivity contribution is -0.133. The number of imide groups is 1. The van der Waals surface area contributed by atoms with E-state index in [2.05, 4.69) is 4.98 Å². The maximum Gasteiger partial charge on any atom is 0.410 e. The van der Waals surface area contributed by atoms with Crippen molar-refractivity contribution in [1.82, 2.24) is 24.0 Å². The number of halogens is 1. The van der Waals surface area contributed by atoms with E-state index in [0.717, 1.165) is 22.1 Å². The molecule has 2 aliphatic heterocycles. The van der Waals surface area contributed by atoms with E-state index in [-0.39, 0.29) is 19.6 Å². The third-order valence-corrected chi connectivity index (χ3v) is 9.16. The molecule has 1 aromatic carbocycles. The first-order chi connectivity index (χ1) is 19.0. The van der Waals surface area contributed by atoms with Crippen molar-refractivity contribution in [3.63, 3.8) is 0 Å². The number of nitrogens with one attached hydrogen (secondary N) is 1. The van der Waals surface area contributed by atoms with E-state index in [1.165, 1.54) is 28.4 Å². The zero-order valence-electron chi connectivity index (χ0n) is 24.7. The molecular formula is C28H40FN5O6S. The third-order valence-electron chi connectivity index (χ3n) is 7.89. The fraction of sp³-hybridized carbons (Fsp3) is 0.607. The van der Waals surface area contributed by atoms with Crippen molar-refractivity contribution in [3.05, 3.63) is 35.8 Å². The van der Waals surface area contributed by atoms with Crippen LogP contribution in [0.4, 0.5) is 14.0 Å². The quantitative estimate of drug-likeness (QED) is 0.545. The molecule has 4 amide bonds. The minimum absolute atomic E-state index is 0.130. The topological polar surface area (TPSA) is 123 Å². The molecule has 1 N–H and O–H groups in total. The normalized spacial score (nSPS) is 22.0. The van der Waals surface area contributed by atoms with Crippen molar-refractivity contribution >= 4 is 39.0 Å². The van der Waals surface area contributed by atoms with Gasteiger partial charge in [0.2, 0.25) is 10.0 Å². The maximum absolute atomic E-state index is 14.1. The summed E-state index contributed by atoms with van der Waals surface area (Å²) in [4.78, 5) is 47.4. The minimum atomic E-state index is -3.60. The Hall–Kier alpha value is -3.19. The molecule has 2 fully saturated rings. The number of hydrogen-bond acceptors (Lipinski definition) is 6. The molecule has 4 atom stereocenters. The molecule has 11 nitrogen and oxygen atoms in total. The number of aromatic amines is 1. The molecule has 0 saturated carbocycles. The van der Waals surface area contributed by atoms with Crippen LogP contribution in [0.15, 0.2) is 24.4 Å². The Morgan fingerprint density at radius 1 is 1.24 bits per heavy atom. The minimum Gasteiger partial charge on any atom is -0.444 e. The molecule has 2 aliphatic rings. The molecule has 4 unspecified atom stereocenters. The molecule has 2 aromatic rings. The molecule has 1 aromatic heterocycles. The van der Waals surface area contributed by atoms with Crippen LogP contribution < -0.4 is 0 Å². The first-order valence-electron chi connectivity index (χ1n) is 13.9. The van der Waals surface area contributed by atoms with Crippen LogP contribution in [0.1, 0.15) is 58.9 Å². The van der Waals surface area contributed by atoms with E-state index in [1.807, 2.05) is 6.92 Å². The van der Waals surface area contributed by atoms with Gasteiger partial charge < -0.3 is 14.6 Å². The zero-order valence-corrected chi connectivity index (χ0v) is 25.5. The van der Waals surface area contributed by atoms with Crippen LogP contribution in [0.25, 0.3) is 10.9 Å². The number of benzene rings is 1. The molecule has 226 valence electrons. The summed E-state index contributed by atoms with van der Waals surface area (Å²) in [6, 6.07) is 1.87. The van der Waals surface area contributed by atoms with Crippen LogP contribution in [-0.2, 0) is 19.6 Å². The second kappa shape index (κ2) is 11.2. The number of amides is 4. The van der Waals surface area contributed by atoms with Crippen LogP contribution >= 0.6 is 0 Å². The number of carbonyl (C=O) groups excluding carboxylic acids is 3. The van der Waals surface area contributed by atoms with Crippen LogP contribution in [0, 0.1) is 5.82 Å². The third kappa shape index (κ3) is 6.06. The largest absolute Gasteiger partial charge is 0.444 e. The van der Waals surface area contributed by atoms with E-state index < -0.39 is 63.5 Å². The van der Waals surface area contributed by atoms with Crippen molar-refractivity contribution in [2.24, 2.45) is 0 Å². The molecule has 13 heteroatoms. The van der Waals surface area contributed by atoms with E-state index in [1.54, 1.807) is 44.9 Å². The number of likely N-dealkylation sites (N-methyl/N-ethyl adjacent to an activating group) is 1. The van der Waals surface area contributed by atoms with Crippen molar-refractivity contribution in [2.45, 2.75) is 77.1 Å². The smallest absolute Gasteiger partial charge is 0.410 e. The van der Waals surface area contributed by atoms with Gasteiger partial charge in [0.05, 0.1) is 12.3 Å². The number of nitrogens with zero attached hydrogens (tertiary/aromatic N) is 4. The Bertz CT molecular complexity index is 1440. The summed E-state index contributed by atoms with van der Waals surface area (Å²) in [6.07, 6.45) is 3.13. The maximum atomic E-state index is 14.1. The SMILES string of the molecule is CCCN(C(=O)C(C)N(C)C(=O)OC(C)(C)C)C(=O)N1CCC2C1C(c1c[nH]c3cc(F)ccc13)CN2S(C)(=O)=O. The Morgan fingerprint density at radius 2 is 1.93 bits per heavy atom. The molecule has 0 radical (unpaired) electrons. The van der Waals surface area contributed by atoms with Crippen LogP contribution in [0.3, 0.4) is 0 Å². The van der Waals surface area contributed by atoms with Gasteiger partial charge in [0, 0.05) is 55.7 Å². The first kappa shape index (κ1) is 30.8. The van der Waals surface area contributed by atoms with Crippen molar-refractivity contribution in [3.8, 4) is 0 Å². The monoisotopic (exact) mass is 593 g/mol. The van der Waals surface area contributed by atoms with Crippen molar-refractivity contribution in [1.29, 1.82) is 0 Å². The number of aromatic nitrogens is 1. The van der Waals surface area contributed by atoms with Crippen molar-refractivity contribution < 1.29 is 31.9 Å². The summed E-state index contributed by atoms with van der Waals surface area (Å²) in [5.74, 6) is -1.35. The Morgan fingerprint density at radius 3 is 2.54 bits per heavy atom. The van der Waals surface area contributed by atoms with Gasteiger partial charge in [0.15, 0.2) is 0 Å². The van der Waals surface area contributed by atoms with Gasteiger partial charge >= 0.3 is 12.1 Å². The molecule has 3 heterocycles. The highest BCUT2D eigenvalue weighted by Gasteiger charge is 2.54. The lowest BCUT2D eigenvalue weighted by Gasteiger charge is -2.35. The fourth-order valence-electron chi connectivity index (χ4n) is 5.91. The number of likely N-dealkylation sites (tertiary alicyclic amines) is 1. The molecule has 41 heavy (non-hydrogen) atoms. The second-order valence-electron chi connectivity index (χ2n) is 12.0. The van der Waals surface area contributed by atoms with Crippen LogP contribution in [-0.4, -0.2) is 107 Å². The summed E-state index contributed by atoms with van der Waals surface area (Å²) in [5, 5.41) is 0.749. The van der Waals surface area contributed by atoms with E-state index in [0.29, 0.717) is 18.4 Å². The summed E-state index contributed by atoms with van der Waals surface area (Å²) in [5.41, 5.74) is 0.605. The number of carbonyl (C=O) groups is 3. The van der Waals surface area contributed by atoms with Crippen molar-refractivity contribution in [2.75, 3.05) is 32.9 Å². The zero-order chi connectivity index (χ0) is 30.4. The summed E-state index contributed by atoms with van der Waals surface area (Å²) in [7, 11) is -2.15. The summed E-state index contributed by atoms with van der Waals surface area (Å²) < 4.78 is 46.3. The highest BCUT2D eigenvalue weighted by Crippen LogP contribution is 2.44. The molecule has 2 saturated heterocycles. The van der Waals surface area contributed by atoms with Gasteiger partial charge in [-0.2, -0.15) is 4.31 Å². The van der Waals surface area contributed by atoms with Gasteiger partial charge in [-0.25, -0.2) is 22.4 Å². The van der Waals surface area contributed by atoms with Gasteiger partial charge in [-0.15, -0.1) is 0 Å². The first-order valence-corrected chi connectivity index (χ1v) is 15.7. The Balaban J connectivity index is 1.66. The van der Waals surface area contributed by atoms with Crippen LogP contribution in [0.2, 0.25) is 0 Å². The predicted octanol–water partition coefficient (Wildman–Crippen LogP) is 3.72. The standard InChI is InChI=1S/C28H40FN5O6S/c1-8-12-33(25(35)17(2)31(6)27(37)40-28(3,4)5)26(36)32-13-11-23-24(32)21(16-34(23)41(7,38)39)20-15-30-22-14-18(29)9-10-19(20)22/h9-10,14-15,17,21,23-24,30H,8,11-13,16H2,1-7H3. The predicted molar refractivity (Wildman–Crippen MR) is 152 cm³/mol. The van der Waals surface area contributed by atoms with E-state index in [4.69, 9.17) is 4.74 Å². The van der Waals surface area contributed by atoms with E-state index in [9.17, 15) is 27.2 Å². The van der Waals surface area contributed by atoms with Gasteiger partial charge in [0.25, 0.3) is 5.91 Å². The van der Waals surface area contributed by atoms with Gasteiger partial charge in [-0.05, 0) is 64.3 Å². The lowest BCUT2D eigenvalue weighted by Crippen LogP contribution is -2.55.